The van der Waals surface area contributed by atoms with Gasteiger partial charge in [0.1, 0.15) is 5.01 Å². The van der Waals surface area contributed by atoms with E-state index in [1.54, 1.807) is 11.3 Å². The molecule has 0 spiro atoms. The van der Waals surface area contributed by atoms with E-state index in [0.29, 0.717) is 6.04 Å². The predicted octanol–water partition coefficient (Wildman–Crippen LogP) is 1.86. The Morgan fingerprint density at radius 2 is 2.38 bits per heavy atom. The Bertz CT molecular complexity index is 325. The summed E-state index contributed by atoms with van der Waals surface area (Å²) in [4.78, 5) is 6.99. The zero-order valence-electron chi connectivity index (χ0n) is 9.56. The van der Waals surface area contributed by atoms with Gasteiger partial charge in [-0.05, 0) is 25.8 Å². The van der Waals surface area contributed by atoms with Crippen LogP contribution in [0.1, 0.15) is 30.7 Å². The first-order chi connectivity index (χ1) is 7.93. The van der Waals surface area contributed by atoms with Gasteiger partial charge in [0.05, 0.1) is 0 Å². The lowest BCUT2D eigenvalue weighted by atomic mass is 9.99. The molecule has 1 aromatic heterocycles. The van der Waals surface area contributed by atoms with Crippen molar-refractivity contribution in [2.75, 3.05) is 13.1 Å². The summed E-state index contributed by atoms with van der Waals surface area (Å²) in [7, 11) is 0. The van der Waals surface area contributed by atoms with Crippen LogP contribution in [0.5, 0.6) is 0 Å². The Kier molecular flexibility index (Phi) is 3.22. The monoisotopic (exact) mass is 237 g/mol. The Labute approximate surface area is 101 Å². The molecule has 2 unspecified atom stereocenters. The normalized spacial score (nSPS) is 30.5. The van der Waals surface area contributed by atoms with Crippen LogP contribution in [0.2, 0.25) is 0 Å². The average Bonchev–Trinajstić information content (AvgIpc) is 2.96. The van der Waals surface area contributed by atoms with E-state index in [-0.39, 0.29) is 0 Å². The second-order valence-corrected chi connectivity index (χ2v) is 5.78. The molecule has 2 atom stereocenters. The number of hydrogen-bond donors (Lipinski definition) is 1. The van der Waals surface area contributed by atoms with Gasteiger partial charge >= 0.3 is 0 Å². The first kappa shape index (κ1) is 10.7. The fourth-order valence-electron chi connectivity index (χ4n) is 3.04. The number of hydrogen-bond acceptors (Lipinski definition) is 4. The third-order valence-corrected chi connectivity index (χ3v) is 4.63. The van der Waals surface area contributed by atoms with Crippen LogP contribution in [0.15, 0.2) is 11.6 Å². The van der Waals surface area contributed by atoms with Crippen LogP contribution in [0.3, 0.4) is 0 Å². The van der Waals surface area contributed by atoms with Crippen molar-refractivity contribution in [3.8, 4) is 0 Å². The molecule has 0 amide bonds. The van der Waals surface area contributed by atoms with Gasteiger partial charge in [-0.15, -0.1) is 11.3 Å². The van der Waals surface area contributed by atoms with Gasteiger partial charge in [-0.2, -0.15) is 0 Å². The first-order valence-corrected chi connectivity index (χ1v) is 7.17. The quantitative estimate of drug-likeness (QED) is 0.870. The molecule has 1 aromatic rings. The van der Waals surface area contributed by atoms with Crippen LogP contribution in [0.4, 0.5) is 0 Å². The van der Waals surface area contributed by atoms with Gasteiger partial charge in [0.2, 0.25) is 0 Å². The van der Waals surface area contributed by atoms with Crippen LogP contribution in [0.25, 0.3) is 0 Å². The summed E-state index contributed by atoms with van der Waals surface area (Å²) in [6, 6.07) is 1.50. The molecule has 1 N–H and O–H groups in total. The average molecular weight is 237 g/mol. The van der Waals surface area contributed by atoms with Gasteiger partial charge < -0.3 is 5.32 Å². The van der Waals surface area contributed by atoms with Crippen molar-refractivity contribution in [3.05, 3.63) is 16.6 Å². The minimum absolute atomic E-state index is 0.698. The van der Waals surface area contributed by atoms with Crippen LogP contribution >= 0.6 is 11.3 Å². The van der Waals surface area contributed by atoms with Crippen molar-refractivity contribution in [2.45, 2.75) is 44.3 Å². The number of fused-ring (bicyclic) bond motifs is 1. The number of rotatable bonds is 3. The zero-order chi connectivity index (χ0) is 10.8. The lowest BCUT2D eigenvalue weighted by Gasteiger charge is -2.32. The van der Waals surface area contributed by atoms with Crippen molar-refractivity contribution in [2.24, 2.45) is 0 Å². The molecule has 0 aliphatic carbocycles. The number of thiazole rings is 1. The molecule has 3 nitrogen and oxygen atoms in total. The summed E-state index contributed by atoms with van der Waals surface area (Å²) in [5.74, 6) is 0. The van der Waals surface area contributed by atoms with E-state index in [1.165, 1.54) is 43.8 Å². The highest BCUT2D eigenvalue weighted by Gasteiger charge is 2.34. The SMILES string of the molecule is c1csc(CNC2CCN3CCCCC23)n1. The number of nitrogens with zero attached hydrogens (tertiary/aromatic N) is 2. The molecule has 0 bridgehead atoms. The summed E-state index contributed by atoms with van der Waals surface area (Å²) in [5, 5.41) is 6.96. The van der Waals surface area contributed by atoms with Gasteiger partial charge in [0.25, 0.3) is 0 Å². The molecule has 16 heavy (non-hydrogen) atoms. The highest BCUT2D eigenvalue weighted by atomic mass is 32.1. The molecule has 2 aliphatic heterocycles. The molecule has 2 fully saturated rings. The molecule has 2 saturated heterocycles. The Morgan fingerprint density at radius 3 is 3.25 bits per heavy atom. The van der Waals surface area contributed by atoms with Gasteiger partial charge in [0, 0.05) is 36.8 Å². The maximum Gasteiger partial charge on any atom is 0.106 e. The summed E-state index contributed by atoms with van der Waals surface area (Å²) >= 11 is 1.75. The second-order valence-electron chi connectivity index (χ2n) is 4.80. The van der Waals surface area contributed by atoms with E-state index in [4.69, 9.17) is 0 Å². The zero-order valence-corrected chi connectivity index (χ0v) is 10.4. The van der Waals surface area contributed by atoms with Gasteiger partial charge in [0.15, 0.2) is 0 Å². The summed E-state index contributed by atoms with van der Waals surface area (Å²) in [6.45, 7) is 3.56. The first-order valence-electron chi connectivity index (χ1n) is 6.29. The van der Waals surface area contributed by atoms with Crippen molar-refractivity contribution in [1.29, 1.82) is 0 Å². The Hall–Kier alpha value is -0.450. The molecular weight excluding hydrogens is 218 g/mol. The predicted molar refractivity (Wildman–Crippen MR) is 66.6 cm³/mol. The van der Waals surface area contributed by atoms with E-state index in [0.717, 1.165) is 12.6 Å². The molecule has 0 radical (unpaired) electrons. The topological polar surface area (TPSA) is 28.2 Å². The Morgan fingerprint density at radius 1 is 1.38 bits per heavy atom. The molecule has 88 valence electrons. The van der Waals surface area contributed by atoms with Crippen molar-refractivity contribution < 1.29 is 0 Å². The fraction of sp³-hybridized carbons (Fsp3) is 0.750. The molecule has 0 saturated carbocycles. The molecule has 2 aliphatic rings. The molecular formula is C12H19N3S. The van der Waals surface area contributed by atoms with E-state index in [1.807, 2.05) is 6.20 Å². The summed E-state index contributed by atoms with van der Waals surface area (Å²) in [6.07, 6.45) is 7.40. The third-order valence-electron chi connectivity index (χ3n) is 3.85. The van der Waals surface area contributed by atoms with Crippen LogP contribution in [-0.2, 0) is 6.54 Å². The Balaban J connectivity index is 1.55. The molecule has 0 aromatic carbocycles. The maximum absolute atomic E-state index is 4.32. The number of aromatic nitrogens is 1. The third kappa shape index (κ3) is 2.14. The largest absolute Gasteiger partial charge is 0.306 e. The lowest BCUT2D eigenvalue weighted by molar-refractivity contribution is 0.180. The van der Waals surface area contributed by atoms with Crippen LogP contribution in [0, 0.1) is 0 Å². The summed E-state index contributed by atoms with van der Waals surface area (Å²) in [5.41, 5.74) is 0. The van der Waals surface area contributed by atoms with E-state index in [2.05, 4.69) is 20.6 Å². The number of piperidine rings is 1. The molecule has 3 rings (SSSR count). The number of nitrogens with one attached hydrogen (secondary N) is 1. The van der Waals surface area contributed by atoms with Crippen molar-refractivity contribution >= 4 is 11.3 Å². The van der Waals surface area contributed by atoms with E-state index >= 15 is 0 Å². The van der Waals surface area contributed by atoms with Crippen LogP contribution in [-0.4, -0.2) is 35.1 Å². The molecule has 3 heterocycles. The van der Waals surface area contributed by atoms with E-state index < -0.39 is 0 Å². The molecule has 4 heteroatoms. The van der Waals surface area contributed by atoms with Crippen molar-refractivity contribution in [1.82, 2.24) is 15.2 Å². The second kappa shape index (κ2) is 4.82. The summed E-state index contributed by atoms with van der Waals surface area (Å²) < 4.78 is 0. The highest BCUT2D eigenvalue weighted by molar-refractivity contribution is 7.09. The van der Waals surface area contributed by atoms with E-state index in [9.17, 15) is 0 Å². The standard InChI is InChI=1S/C12H19N3S/c1-2-6-15-7-4-10(11(15)3-1)14-9-12-13-5-8-16-12/h5,8,10-11,14H,1-4,6-7,9H2. The smallest absolute Gasteiger partial charge is 0.106 e. The van der Waals surface area contributed by atoms with Crippen LogP contribution < -0.4 is 5.32 Å². The minimum Gasteiger partial charge on any atom is -0.306 e. The minimum atomic E-state index is 0.698. The van der Waals surface area contributed by atoms with Gasteiger partial charge in [-0.1, -0.05) is 6.42 Å². The fourth-order valence-corrected chi connectivity index (χ4v) is 3.61. The van der Waals surface area contributed by atoms with Gasteiger partial charge in [-0.3, -0.25) is 4.90 Å². The lowest BCUT2D eigenvalue weighted by Crippen LogP contribution is -2.44. The van der Waals surface area contributed by atoms with Gasteiger partial charge in [-0.25, -0.2) is 4.98 Å². The maximum atomic E-state index is 4.32. The highest BCUT2D eigenvalue weighted by Crippen LogP contribution is 2.27. The van der Waals surface area contributed by atoms with Crippen molar-refractivity contribution in [3.63, 3.8) is 0 Å².